The molecule has 3 heterocycles. The summed E-state index contributed by atoms with van der Waals surface area (Å²) in [6.07, 6.45) is 2.18. The van der Waals surface area contributed by atoms with Crippen molar-refractivity contribution in [1.82, 2.24) is 14.2 Å². The zero-order valence-electron chi connectivity index (χ0n) is 19.0. The fourth-order valence-corrected chi connectivity index (χ4v) is 8.35. The standard InChI is InChI=1S/C21H26N4O5S4/c1-23(2)11-12-24(21-22-16-9-8-15(33(3,27)28)14-18(16)32-21)20(26)17-6-4-10-25(17)34(29,30)19-7-5-13-31-19/h5,7-9,13-14,17H,4,6,10-12H2,1-3H3. The molecule has 1 atom stereocenters. The molecule has 1 unspecified atom stereocenters. The van der Waals surface area contributed by atoms with Crippen LogP contribution in [-0.4, -0.2) is 83.0 Å². The van der Waals surface area contributed by atoms with Crippen LogP contribution in [-0.2, 0) is 24.7 Å². The number of thiazole rings is 1. The Balaban J connectivity index is 1.70. The molecule has 9 nitrogen and oxygen atoms in total. The fraction of sp³-hybridized carbons (Fsp3) is 0.429. The van der Waals surface area contributed by atoms with Crippen LogP contribution < -0.4 is 4.90 Å². The smallest absolute Gasteiger partial charge is 0.253 e. The molecule has 0 saturated carbocycles. The van der Waals surface area contributed by atoms with Crippen LogP contribution in [0.5, 0.6) is 0 Å². The van der Waals surface area contributed by atoms with Gasteiger partial charge >= 0.3 is 0 Å². The first kappa shape index (κ1) is 25.2. The molecule has 0 bridgehead atoms. The lowest BCUT2D eigenvalue weighted by molar-refractivity contribution is -0.121. The summed E-state index contributed by atoms with van der Waals surface area (Å²) < 4.78 is 52.5. The number of aromatic nitrogens is 1. The molecule has 0 N–H and O–H groups in total. The summed E-state index contributed by atoms with van der Waals surface area (Å²) in [6.45, 7) is 1.17. The molecule has 3 aromatic rings. The van der Waals surface area contributed by atoms with Crippen molar-refractivity contribution >= 4 is 63.8 Å². The van der Waals surface area contributed by atoms with Crippen LogP contribution in [0.15, 0.2) is 44.8 Å². The molecule has 0 radical (unpaired) electrons. The molecule has 1 saturated heterocycles. The lowest BCUT2D eigenvalue weighted by Crippen LogP contribution is -2.49. The minimum atomic E-state index is -3.77. The van der Waals surface area contributed by atoms with Gasteiger partial charge in [-0.1, -0.05) is 17.4 Å². The summed E-state index contributed by atoms with van der Waals surface area (Å²) in [7, 11) is -3.37. The third-order valence-electron chi connectivity index (χ3n) is 5.59. The van der Waals surface area contributed by atoms with Gasteiger partial charge in [0.2, 0.25) is 5.91 Å². The van der Waals surface area contributed by atoms with Crippen molar-refractivity contribution in [2.24, 2.45) is 0 Å². The highest BCUT2D eigenvalue weighted by Crippen LogP contribution is 2.34. The Morgan fingerprint density at radius 3 is 2.59 bits per heavy atom. The number of benzene rings is 1. The molecule has 0 aliphatic carbocycles. The minimum Gasteiger partial charge on any atom is -0.308 e. The fourth-order valence-electron chi connectivity index (χ4n) is 3.82. The van der Waals surface area contributed by atoms with Gasteiger partial charge < -0.3 is 4.90 Å². The Labute approximate surface area is 207 Å². The average molecular weight is 543 g/mol. The Morgan fingerprint density at radius 1 is 1.18 bits per heavy atom. The largest absolute Gasteiger partial charge is 0.308 e. The molecule has 1 aliphatic rings. The van der Waals surface area contributed by atoms with Crippen LogP contribution in [0, 0.1) is 0 Å². The van der Waals surface area contributed by atoms with Gasteiger partial charge in [0.25, 0.3) is 10.0 Å². The monoisotopic (exact) mass is 542 g/mol. The lowest BCUT2D eigenvalue weighted by atomic mass is 10.2. The number of anilines is 1. The first-order chi connectivity index (χ1) is 16.0. The van der Waals surface area contributed by atoms with Gasteiger partial charge in [-0.3, -0.25) is 9.69 Å². The Kier molecular flexibility index (Phi) is 7.14. The van der Waals surface area contributed by atoms with E-state index in [2.05, 4.69) is 4.98 Å². The number of likely N-dealkylation sites (N-methyl/N-ethyl adjacent to an activating group) is 1. The Morgan fingerprint density at radius 2 is 1.94 bits per heavy atom. The number of sulfone groups is 1. The van der Waals surface area contributed by atoms with Crippen molar-refractivity contribution in [3.8, 4) is 0 Å². The van der Waals surface area contributed by atoms with E-state index in [0.29, 0.717) is 41.3 Å². The third-order valence-corrected chi connectivity index (χ3v) is 11.0. The van der Waals surface area contributed by atoms with Gasteiger partial charge in [-0.2, -0.15) is 4.31 Å². The van der Waals surface area contributed by atoms with E-state index in [0.717, 1.165) is 17.6 Å². The molecule has 13 heteroatoms. The van der Waals surface area contributed by atoms with Gasteiger partial charge in [0.15, 0.2) is 15.0 Å². The number of hydrogen-bond donors (Lipinski definition) is 0. The van der Waals surface area contributed by atoms with E-state index in [1.807, 2.05) is 19.0 Å². The summed E-state index contributed by atoms with van der Waals surface area (Å²) in [6, 6.07) is 7.11. The zero-order valence-corrected chi connectivity index (χ0v) is 22.3. The summed E-state index contributed by atoms with van der Waals surface area (Å²) >= 11 is 2.36. The quantitative estimate of drug-likeness (QED) is 0.430. The molecule has 0 spiro atoms. The van der Waals surface area contributed by atoms with E-state index >= 15 is 0 Å². The predicted octanol–water partition coefficient (Wildman–Crippen LogP) is 2.51. The van der Waals surface area contributed by atoms with Crippen LogP contribution >= 0.6 is 22.7 Å². The molecular formula is C21H26N4O5S4. The van der Waals surface area contributed by atoms with E-state index in [4.69, 9.17) is 0 Å². The maximum absolute atomic E-state index is 13.8. The highest BCUT2D eigenvalue weighted by atomic mass is 32.2. The molecule has 1 fully saturated rings. The molecule has 1 aromatic carbocycles. The number of thiophene rings is 1. The second-order valence-corrected chi connectivity index (χ2v) is 14.5. The summed E-state index contributed by atoms with van der Waals surface area (Å²) in [5, 5.41) is 2.13. The van der Waals surface area contributed by atoms with Crippen LogP contribution in [0.3, 0.4) is 0 Å². The first-order valence-electron chi connectivity index (χ1n) is 10.6. The van der Waals surface area contributed by atoms with E-state index in [-0.39, 0.29) is 21.6 Å². The molecule has 1 amide bonds. The number of nitrogens with zero attached hydrogens (tertiary/aromatic N) is 4. The van der Waals surface area contributed by atoms with Crippen molar-refractivity contribution < 1.29 is 21.6 Å². The SMILES string of the molecule is CN(C)CCN(C(=O)C1CCCN1S(=O)(=O)c1cccs1)c1nc2ccc(S(C)(=O)=O)cc2s1. The number of carbonyl (C=O) groups excluding carboxylic acids is 1. The molecule has 2 aromatic heterocycles. The maximum Gasteiger partial charge on any atom is 0.253 e. The van der Waals surface area contributed by atoms with Crippen LogP contribution in [0.4, 0.5) is 5.13 Å². The average Bonchev–Trinajstić information content (AvgIpc) is 3.52. The number of hydrogen-bond acceptors (Lipinski definition) is 9. The number of rotatable bonds is 8. The van der Waals surface area contributed by atoms with E-state index in [1.165, 1.54) is 26.6 Å². The van der Waals surface area contributed by atoms with E-state index in [1.54, 1.807) is 29.6 Å². The summed E-state index contributed by atoms with van der Waals surface area (Å²) in [5.41, 5.74) is 0.588. The molecule has 1 aliphatic heterocycles. The van der Waals surface area contributed by atoms with Gasteiger partial charge in [0, 0.05) is 25.9 Å². The van der Waals surface area contributed by atoms with Gasteiger partial charge in [-0.15, -0.1) is 11.3 Å². The van der Waals surface area contributed by atoms with Crippen molar-refractivity contribution in [2.75, 3.05) is 44.9 Å². The van der Waals surface area contributed by atoms with Gasteiger partial charge in [0.1, 0.15) is 10.3 Å². The number of sulfonamides is 1. The Bertz CT molecular complexity index is 1400. The number of carbonyl (C=O) groups is 1. The van der Waals surface area contributed by atoms with Crippen molar-refractivity contribution in [2.45, 2.75) is 28.0 Å². The number of fused-ring (bicyclic) bond motifs is 1. The highest BCUT2D eigenvalue weighted by Gasteiger charge is 2.42. The van der Waals surface area contributed by atoms with Crippen LogP contribution in [0.25, 0.3) is 10.2 Å². The Hall–Kier alpha value is -1.90. The molecule has 34 heavy (non-hydrogen) atoms. The van der Waals surface area contributed by atoms with E-state index < -0.39 is 25.9 Å². The van der Waals surface area contributed by atoms with Crippen molar-refractivity contribution in [3.05, 3.63) is 35.7 Å². The van der Waals surface area contributed by atoms with Crippen LogP contribution in [0.1, 0.15) is 12.8 Å². The first-order valence-corrected chi connectivity index (χ1v) is 15.6. The topological polar surface area (TPSA) is 108 Å². The third kappa shape index (κ3) is 5.04. The molecule has 184 valence electrons. The molecule has 4 rings (SSSR count). The van der Waals surface area contributed by atoms with Gasteiger partial charge in [-0.25, -0.2) is 21.8 Å². The second kappa shape index (κ2) is 9.63. The normalized spacial score (nSPS) is 17.6. The summed E-state index contributed by atoms with van der Waals surface area (Å²) in [5.74, 6) is -0.318. The van der Waals surface area contributed by atoms with Crippen molar-refractivity contribution in [3.63, 3.8) is 0 Å². The zero-order chi connectivity index (χ0) is 24.7. The number of amides is 1. The van der Waals surface area contributed by atoms with Crippen LogP contribution in [0.2, 0.25) is 0 Å². The van der Waals surface area contributed by atoms with Crippen molar-refractivity contribution in [1.29, 1.82) is 0 Å². The van der Waals surface area contributed by atoms with E-state index in [9.17, 15) is 21.6 Å². The minimum absolute atomic E-state index is 0.186. The molecular weight excluding hydrogens is 517 g/mol. The predicted molar refractivity (Wildman–Crippen MR) is 135 cm³/mol. The maximum atomic E-state index is 13.8. The highest BCUT2D eigenvalue weighted by molar-refractivity contribution is 7.91. The second-order valence-electron chi connectivity index (χ2n) is 8.40. The van der Waals surface area contributed by atoms with Gasteiger partial charge in [-0.05, 0) is 56.6 Å². The summed E-state index contributed by atoms with van der Waals surface area (Å²) in [4.78, 5) is 22.0. The lowest BCUT2D eigenvalue weighted by Gasteiger charge is -2.29. The van der Waals surface area contributed by atoms with Gasteiger partial charge in [0.05, 0.1) is 15.1 Å².